The number of hydrogen-bond donors (Lipinski definition) is 1. The molecule has 1 aliphatic rings. The van der Waals surface area contributed by atoms with Crippen LogP contribution >= 0.6 is 0 Å². The summed E-state index contributed by atoms with van der Waals surface area (Å²) >= 11 is 0. The fourth-order valence-corrected chi connectivity index (χ4v) is 2.48. The van der Waals surface area contributed by atoms with Crippen molar-refractivity contribution in [1.29, 1.82) is 0 Å². The number of ether oxygens (including phenoxy) is 1. The number of anilines is 1. The van der Waals surface area contributed by atoms with Crippen LogP contribution in [-0.2, 0) is 4.79 Å². The van der Waals surface area contributed by atoms with Gasteiger partial charge in [-0.25, -0.2) is 9.69 Å². The Kier molecular flexibility index (Phi) is 4.02. The standard InChI is InChI=1S/C18H18N2O3/c1-12(2)16-17(21)20(18(22)19-16)13-8-10-15(11-9-13)23-14-6-4-3-5-7-14/h3-12,16H,1-2H3,(H,19,22). The fraction of sp³-hybridized carbons (Fsp3) is 0.222. The van der Waals surface area contributed by atoms with Gasteiger partial charge in [-0.05, 0) is 42.3 Å². The number of para-hydroxylation sites is 1. The lowest BCUT2D eigenvalue weighted by Crippen LogP contribution is -2.34. The molecule has 3 rings (SSSR count). The molecule has 2 aromatic rings. The van der Waals surface area contributed by atoms with Crippen LogP contribution in [0.25, 0.3) is 0 Å². The van der Waals surface area contributed by atoms with Crippen LogP contribution in [0.2, 0.25) is 0 Å². The second-order valence-corrected chi connectivity index (χ2v) is 5.75. The van der Waals surface area contributed by atoms with E-state index in [2.05, 4.69) is 5.32 Å². The first-order valence-corrected chi connectivity index (χ1v) is 7.53. The monoisotopic (exact) mass is 310 g/mol. The molecule has 3 amide bonds. The lowest BCUT2D eigenvalue weighted by atomic mass is 10.0. The molecule has 1 saturated heterocycles. The van der Waals surface area contributed by atoms with Crippen molar-refractivity contribution < 1.29 is 14.3 Å². The lowest BCUT2D eigenvalue weighted by molar-refractivity contribution is -0.119. The number of carbonyl (C=O) groups is 2. The largest absolute Gasteiger partial charge is 0.457 e. The highest BCUT2D eigenvalue weighted by atomic mass is 16.5. The van der Waals surface area contributed by atoms with Crippen LogP contribution < -0.4 is 15.0 Å². The van der Waals surface area contributed by atoms with Gasteiger partial charge in [0.2, 0.25) is 0 Å². The van der Waals surface area contributed by atoms with Gasteiger partial charge in [0.25, 0.3) is 5.91 Å². The second-order valence-electron chi connectivity index (χ2n) is 5.75. The molecule has 2 aromatic carbocycles. The van der Waals surface area contributed by atoms with Crippen molar-refractivity contribution in [2.45, 2.75) is 19.9 Å². The maximum absolute atomic E-state index is 12.3. The van der Waals surface area contributed by atoms with E-state index >= 15 is 0 Å². The maximum atomic E-state index is 12.3. The van der Waals surface area contributed by atoms with E-state index < -0.39 is 6.04 Å². The van der Waals surface area contributed by atoms with E-state index in [1.807, 2.05) is 44.2 Å². The molecule has 0 aliphatic carbocycles. The predicted octanol–water partition coefficient (Wildman–Crippen LogP) is 3.56. The minimum absolute atomic E-state index is 0.0529. The molecule has 5 nitrogen and oxygen atoms in total. The van der Waals surface area contributed by atoms with Gasteiger partial charge in [0.15, 0.2) is 0 Å². The van der Waals surface area contributed by atoms with Crippen LogP contribution in [-0.4, -0.2) is 18.0 Å². The average Bonchev–Trinajstić information content (AvgIpc) is 2.84. The predicted molar refractivity (Wildman–Crippen MR) is 87.6 cm³/mol. The quantitative estimate of drug-likeness (QED) is 0.878. The number of imide groups is 1. The van der Waals surface area contributed by atoms with Crippen LogP contribution in [0.5, 0.6) is 11.5 Å². The summed E-state index contributed by atoms with van der Waals surface area (Å²) in [6.45, 7) is 3.81. The molecular formula is C18H18N2O3. The molecule has 0 radical (unpaired) electrons. The van der Waals surface area contributed by atoms with E-state index in [-0.39, 0.29) is 17.9 Å². The number of nitrogens with zero attached hydrogens (tertiary/aromatic N) is 1. The van der Waals surface area contributed by atoms with Crippen molar-refractivity contribution in [3.05, 3.63) is 54.6 Å². The summed E-state index contributed by atoms with van der Waals surface area (Å²) in [5.41, 5.74) is 0.538. The number of carbonyl (C=O) groups excluding carboxylic acids is 2. The Morgan fingerprint density at radius 1 is 0.957 bits per heavy atom. The maximum Gasteiger partial charge on any atom is 0.329 e. The summed E-state index contributed by atoms with van der Waals surface area (Å²) in [7, 11) is 0. The molecular weight excluding hydrogens is 292 g/mol. The molecule has 0 saturated carbocycles. The van der Waals surface area contributed by atoms with Gasteiger partial charge in [0, 0.05) is 0 Å². The zero-order valence-electron chi connectivity index (χ0n) is 13.0. The molecule has 1 unspecified atom stereocenters. The molecule has 1 atom stereocenters. The third-order valence-corrected chi connectivity index (χ3v) is 3.71. The molecule has 1 fully saturated rings. The first-order chi connectivity index (χ1) is 11.1. The zero-order chi connectivity index (χ0) is 16.4. The summed E-state index contributed by atoms with van der Waals surface area (Å²) in [6, 6.07) is 15.5. The Morgan fingerprint density at radius 2 is 1.57 bits per heavy atom. The Labute approximate surface area is 134 Å². The number of nitrogens with one attached hydrogen (secondary N) is 1. The topological polar surface area (TPSA) is 58.6 Å². The van der Waals surface area contributed by atoms with Crippen LogP contribution in [0.4, 0.5) is 10.5 Å². The van der Waals surface area contributed by atoms with Gasteiger partial charge in [0.1, 0.15) is 17.5 Å². The van der Waals surface area contributed by atoms with Gasteiger partial charge in [-0.15, -0.1) is 0 Å². The Balaban J connectivity index is 1.77. The fourth-order valence-electron chi connectivity index (χ4n) is 2.48. The molecule has 1 aliphatic heterocycles. The first-order valence-electron chi connectivity index (χ1n) is 7.53. The highest BCUT2D eigenvalue weighted by molar-refractivity contribution is 6.21. The number of benzene rings is 2. The zero-order valence-corrected chi connectivity index (χ0v) is 13.0. The third-order valence-electron chi connectivity index (χ3n) is 3.71. The van der Waals surface area contributed by atoms with Gasteiger partial charge in [-0.1, -0.05) is 32.0 Å². The minimum Gasteiger partial charge on any atom is -0.457 e. The van der Waals surface area contributed by atoms with Crippen LogP contribution in [0.1, 0.15) is 13.8 Å². The van der Waals surface area contributed by atoms with Crippen molar-refractivity contribution in [2.24, 2.45) is 5.92 Å². The van der Waals surface area contributed by atoms with Crippen molar-refractivity contribution in [1.82, 2.24) is 5.32 Å². The van der Waals surface area contributed by atoms with Crippen LogP contribution in [0.15, 0.2) is 54.6 Å². The van der Waals surface area contributed by atoms with Gasteiger partial charge in [-0.2, -0.15) is 0 Å². The van der Waals surface area contributed by atoms with Crippen molar-refractivity contribution >= 4 is 17.6 Å². The SMILES string of the molecule is CC(C)C1NC(=O)N(c2ccc(Oc3ccccc3)cc2)C1=O. The molecule has 118 valence electrons. The van der Waals surface area contributed by atoms with E-state index in [0.717, 1.165) is 5.75 Å². The Morgan fingerprint density at radius 3 is 2.13 bits per heavy atom. The van der Waals surface area contributed by atoms with E-state index in [4.69, 9.17) is 4.74 Å². The van der Waals surface area contributed by atoms with Crippen molar-refractivity contribution in [3.8, 4) is 11.5 Å². The van der Waals surface area contributed by atoms with Gasteiger partial charge < -0.3 is 10.1 Å². The van der Waals surface area contributed by atoms with Gasteiger partial charge in [0.05, 0.1) is 5.69 Å². The number of rotatable bonds is 4. The minimum atomic E-state index is -0.470. The highest BCUT2D eigenvalue weighted by Gasteiger charge is 2.40. The van der Waals surface area contributed by atoms with Gasteiger partial charge in [-0.3, -0.25) is 4.79 Å². The molecule has 1 heterocycles. The lowest BCUT2D eigenvalue weighted by Gasteiger charge is -2.15. The normalized spacial score (nSPS) is 17.5. The van der Waals surface area contributed by atoms with E-state index in [1.165, 1.54) is 4.90 Å². The second kappa shape index (κ2) is 6.12. The molecule has 5 heteroatoms. The van der Waals surface area contributed by atoms with Crippen molar-refractivity contribution in [3.63, 3.8) is 0 Å². The smallest absolute Gasteiger partial charge is 0.329 e. The summed E-state index contributed by atoms with van der Waals surface area (Å²) in [4.78, 5) is 25.6. The Hall–Kier alpha value is -2.82. The summed E-state index contributed by atoms with van der Waals surface area (Å²) in [5, 5.41) is 2.71. The Bertz CT molecular complexity index is 711. The summed E-state index contributed by atoms with van der Waals surface area (Å²) < 4.78 is 5.71. The molecule has 1 N–H and O–H groups in total. The number of amides is 3. The first kappa shape index (κ1) is 15.1. The van der Waals surface area contributed by atoms with Crippen LogP contribution in [0.3, 0.4) is 0 Å². The third kappa shape index (κ3) is 3.04. The van der Waals surface area contributed by atoms with E-state index in [0.29, 0.717) is 11.4 Å². The highest BCUT2D eigenvalue weighted by Crippen LogP contribution is 2.27. The molecule has 23 heavy (non-hydrogen) atoms. The molecule has 0 spiro atoms. The van der Waals surface area contributed by atoms with Crippen LogP contribution in [0, 0.1) is 5.92 Å². The number of urea groups is 1. The van der Waals surface area contributed by atoms with Gasteiger partial charge >= 0.3 is 6.03 Å². The van der Waals surface area contributed by atoms with E-state index in [9.17, 15) is 9.59 Å². The van der Waals surface area contributed by atoms with E-state index in [1.54, 1.807) is 24.3 Å². The summed E-state index contributed by atoms with van der Waals surface area (Å²) in [5.74, 6) is 1.21. The average molecular weight is 310 g/mol. The number of hydrogen-bond acceptors (Lipinski definition) is 3. The van der Waals surface area contributed by atoms with Crippen molar-refractivity contribution in [2.75, 3.05) is 4.90 Å². The molecule has 0 bridgehead atoms. The summed E-state index contributed by atoms with van der Waals surface area (Å²) in [6.07, 6.45) is 0. The molecule has 0 aromatic heterocycles.